The van der Waals surface area contributed by atoms with Crippen molar-refractivity contribution in [1.29, 1.82) is 0 Å². The lowest BCUT2D eigenvalue weighted by Crippen LogP contribution is -1.90. The first-order valence-electron chi connectivity index (χ1n) is 5.16. The Bertz CT molecular complexity index is 676. The Morgan fingerprint density at radius 1 is 1.12 bits per heavy atom. The van der Waals surface area contributed by atoms with Crippen LogP contribution in [0.3, 0.4) is 0 Å². The van der Waals surface area contributed by atoms with Gasteiger partial charge in [0.15, 0.2) is 0 Å². The summed E-state index contributed by atoms with van der Waals surface area (Å²) in [6, 6.07) is 9.76. The summed E-state index contributed by atoms with van der Waals surface area (Å²) in [5.41, 5.74) is 2.21. The third kappa shape index (κ3) is 1.66. The molecular formula is C12H9ClN4. The van der Waals surface area contributed by atoms with Gasteiger partial charge in [-0.05, 0) is 0 Å². The van der Waals surface area contributed by atoms with Gasteiger partial charge in [0, 0.05) is 18.8 Å². The number of aromatic nitrogens is 4. The fourth-order valence-corrected chi connectivity index (χ4v) is 2.03. The van der Waals surface area contributed by atoms with Gasteiger partial charge in [0.1, 0.15) is 5.69 Å². The zero-order valence-electron chi connectivity index (χ0n) is 9.13. The number of hydrogen-bond acceptors (Lipinski definition) is 3. The maximum absolute atomic E-state index is 6.33. The first kappa shape index (κ1) is 10.2. The van der Waals surface area contributed by atoms with Crippen LogP contribution in [0.1, 0.15) is 0 Å². The third-order valence-electron chi connectivity index (χ3n) is 2.55. The van der Waals surface area contributed by atoms with E-state index >= 15 is 0 Å². The van der Waals surface area contributed by atoms with Crippen LogP contribution in [0.25, 0.3) is 22.3 Å². The molecule has 0 aliphatic rings. The molecule has 0 aliphatic heterocycles. The van der Waals surface area contributed by atoms with Gasteiger partial charge in [0.2, 0.25) is 5.65 Å². The van der Waals surface area contributed by atoms with Crippen molar-refractivity contribution in [1.82, 2.24) is 20.0 Å². The number of benzene rings is 1. The standard InChI is InChI=1S/C12H9ClN4/c1-17-7-9-10(13)11(14-15-12(9)16-17)8-5-3-2-4-6-8/h2-7H,1H3. The molecule has 0 bridgehead atoms. The van der Waals surface area contributed by atoms with E-state index in [9.17, 15) is 0 Å². The molecule has 1 aromatic carbocycles. The van der Waals surface area contributed by atoms with E-state index in [1.165, 1.54) is 0 Å². The molecule has 4 nitrogen and oxygen atoms in total. The molecule has 3 aromatic rings. The van der Waals surface area contributed by atoms with Crippen LogP contribution in [0.15, 0.2) is 36.5 Å². The van der Waals surface area contributed by atoms with Crippen LogP contribution in [0.2, 0.25) is 5.02 Å². The highest BCUT2D eigenvalue weighted by Gasteiger charge is 2.12. The SMILES string of the molecule is Cn1cc2c(Cl)c(-c3ccccc3)nnc2n1. The number of aryl methyl sites for hydroxylation is 1. The monoisotopic (exact) mass is 244 g/mol. The van der Waals surface area contributed by atoms with Gasteiger partial charge in [-0.25, -0.2) is 0 Å². The molecule has 0 N–H and O–H groups in total. The molecule has 2 heterocycles. The number of hydrogen-bond donors (Lipinski definition) is 0. The van der Waals surface area contributed by atoms with Crippen molar-refractivity contribution in [3.63, 3.8) is 0 Å². The van der Waals surface area contributed by atoms with Crippen LogP contribution < -0.4 is 0 Å². The molecule has 17 heavy (non-hydrogen) atoms. The van der Waals surface area contributed by atoms with Crippen molar-refractivity contribution in [2.75, 3.05) is 0 Å². The quantitative estimate of drug-likeness (QED) is 0.661. The zero-order chi connectivity index (χ0) is 11.8. The lowest BCUT2D eigenvalue weighted by atomic mass is 10.1. The Balaban J connectivity index is 2.28. The van der Waals surface area contributed by atoms with Gasteiger partial charge in [-0.2, -0.15) is 5.10 Å². The molecule has 0 radical (unpaired) electrons. The van der Waals surface area contributed by atoms with Crippen molar-refractivity contribution < 1.29 is 0 Å². The Kier molecular flexibility index (Phi) is 2.30. The first-order chi connectivity index (χ1) is 8.25. The number of rotatable bonds is 1. The summed E-state index contributed by atoms with van der Waals surface area (Å²) in [6.07, 6.45) is 1.85. The van der Waals surface area contributed by atoms with Gasteiger partial charge in [-0.1, -0.05) is 41.9 Å². The van der Waals surface area contributed by atoms with Crippen molar-refractivity contribution in [2.24, 2.45) is 7.05 Å². The van der Waals surface area contributed by atoms with Crippen LogP contribution in [0.5, 0.6) is 0 Å². The van der Waals surface area contributed by atoms with Crippen LogP contribution in [0.4, 0.5) is 0 Å². The Labute approximate surface area is 103 Å². The fraction of sp³-hybridized carbons (Fsp3) is 0.0833. The van der Waals surface area contributed by atoms with E-state index in [4.69, 9.17) is 11.6 Å². The van der Waals surface area contributed by atoms with Crippen molar-refractivity contribution >= 4 is 22.6 Å². The lowest BCUT2D eigenvalue weighted by molar-refractivity contribution is 0.773. The Hall–Kier alpha value is -1.94. The summed E-state index contributed by atoms with van der Waals surface area (Å²) in [5, 5.41) is 13.8. The molecule has 5 heteroatoms. The predicted molar refractivity (Wildman–Crippen MR) is 66.8 cm³/mol. The maximum atomic E-state index is 6.33. The second kappa shape index (κ2) is 3.82. The zero-order valence-corrected chi connectivity index (χ0v) is 9.89. The Morgan fingerprint density at radius 3 is 2.65 bits per heavy atom. The molecular weight excluding hydrogens is 236 g/mol. The van der Waals surface area contributed by atoms with Gasteiger partial charge < -0.3 is 0 Å². The van der Waals surface area contributed by atoms with E-state index in [0.29, 0.717) is 16.4 Å². The Morgan fingerprint density at radius 2 is 1.88 bits per heavy atom. The average molecular weight is 245 g/mol. The van der Waals surface area contributed by atoms with Crippen molar-refractivity contribution in [3.8, 4) is 11.3 Å². The highest BCUT2D eigenvalue weighted by atomic mass is 35.5. The minimum atomic E-state index is 0.567. The second-order valence-electron chi connectivity index (χ2n) is 3.77. The van der Waals surface area contributed by atoms with Crippen LogP contribution in [0, 0.1) is 0 Å². The molecule has 0 unspecified atom stereocenters. The summed E-state index contributed by atoms with van der Waals surface area (Å²) in [7, 11) is 1.83. The third-order valence-corrected chi connectivity index (χ3v) is 2.93. The number of halogens is 1. The van der Waals surface area contributed by atoms with Crippen molar-refractivity contribution in [2.45, 2.75) is 0 Å². The molecule has 84 valence electrons. The summed E-state index contributed by atoms with van der Waals surface area (Å²) in [6.45, 7) is 0. The summed E-state index contributed by atoms with van der Waals surface area (Å²) < 4.78 is 1.68. The molecule has 3 rings (SSSR count). The maximum Gasteiger partial charge on any atom is 0.204 e. The number of fused-ring (bicyclic) bond motifs is 1. The van der Waals surface area contributed by atoms with E-state index in [-0.39, 0.29) is 0 Å². The molecule has 0 atom stereocenters. The molecule has 0 amide bonds. The van der Waals surface area contributed by atoms with Gasteiger partial charge >= 0.3 is 0 Å². The molecule has 0 saturated carbocycles. The molecule has 0 saturated heterocycles. The molecule has 0 aliphatic carbocycles. The second-order valence-corrected chi connectivity index (χ2v) is 4.15. The number of nitrogens with zero attached hydrogens (tertiary/aromatic N) is 4. The fourth-order valence-electron chi connectivity index (χ4n) is 1.75. The first-order valence-corrected chi connectivity index (χ1v) is 5.54. The molecule has 0 spiro atoms. The molecule has 0 fully saturated rings. The van der Waals surface area contributed by atoms with E-state index in [2.05, 4.69) is 15.3 Å². The smallest absolute Gasteiger partial charge is 0.204 e. The van der Waals surface area contributed by atoms with Crippen LogP contribution in [-0.4, -0.2) is 20.0 Å². The van der Waals surface area contributed by atoms with E-state index in [0.717, 1.165) is 10.9 Å². The summed E-state index contributed by atoms with van der Waals surface area (Å²) in [5.74, 6) is 0. The van der Waals surface area contributed by atoms with E-state index in [1.54, 1.807) is 4.68 Å². The summed E-state index contributed by atoms with van der Waals surface area (Å²) >= 11 is 6.33. The van der Waals surface area contributed by atoms with E-state index in [1.807, 2.05) is 43.6 Å². The topological polar surface area (TPSA) is 43.6 Å². The normalized spacial score (nSPS) is 10.9. The van der Waals surface area contributed by atoms with E-state index < -0.39 is 0 Å². The summed E-state index contributed by atoms with van der Waals surface area (Å²) in [4.78, 5) is 0. The van der Waals surface area contributed by atoms with Crippen LogP contribution >= 0.6 is 11.6 Å². The van der Waals surface area contributed by atoms with Crippen LogP contribution in [-0.2, 0) is 7.05 Å². The highest BCUT2D eigenvalue weighted by Crippen LogP contribution is 2.30. The average Bonchev–Trinajstić information content (AvgIpc) is 2.72. The molecule has 2 aromatic heterocycles. The van der Waals surface area contributed by atoms with Gasteiger partial charge in [-0.15, -0.1) is 10.2 Å². The van der Waals surface area contributed by atoms with Gasteiger partial charge in [-0.3, -0.25) is 4.68 Å². The lowest BCUT2D eigenvalue weighted by Gasteiger charge is -2.01. The highest BCUT2D eigenvalue weighted by molar-refractivity contribution is 6.37. The van der Waals surface area contributed by atoms with Crippen molar-refractivity contribution in [3.05, 3.63) is 41.6 Å². The minimum Gasteiger partial charge on any atom is -0.273 e. The van der Waals surface area contributed by atoms with Gasteiger partial charge in [0.25, 0.3) is 0 Å². The minimum absolute atomic E-state index is 0.567. The largest absolute Gasteiger partial charge is 0.273 e. The van der Waals surface area contributed by atoms with Gasteiger partial charge in [0.05, 0.1) is 10.4 Å². The predicted octanol–water partition coefficient (Wildman–Crippen LogP) is 2.68.